The number of hydrogen-bond donors (Lipinski definition) is 1. The summed E-state index contributed by atoms with van der Waals surface area (Å²) in [6.45, 7) is 3.18. The van der Waals surface area contributed by atoms with Gasteiger partial charge in [0, 0.05) is 5.02 Å². The van der Waals surface area contributed by atoms with Gasteiger partial charge in [-0.25, -0.2) is 4.79 Å². The van der Waals surface area contributed by atoms with Gasteiger partial charge in [0.1, 0.15) is 11.3 Å². The van der Waals surface area contributed by atoms with Crippen molar-refractivity contribution < 1.29 is 14.6 Å². The zero-order valence-corrected chi connectivity index (χ0v) is 11.8. The number of hydrogen-bond acceptors (Lipinski definition) is 4. The van der Waals surface area contributed by atoms with Gasteiger partial charge in [-0.2, -0.15) is 0 Å². The fraction of sp³-hybridized carbons (Fsp3) is 0.231. The van der Waals surface area contributed by atoms with E-state index in [1.165, 1.54) is 0 Å². The number of cyclic esters (lactones) is 1. The van der Waals surface area contributed by atoms with Crippen molar-refractivity contribution in [2.45, 2.75) is 20.0 Å². The van der Waals surface area contributed by atoms with E-state index in [-0.39, 0.29) is 11.3 Å². The first-order valence-electron chi connectivity index (χ1n) is 5.55. The number of ether oxygens (including phenoxy) is 1. The Morgan fingerprint density at radius 3 is 2.68 bits per heavy atom. The van der Waals surface area contributed by atoms with E-state index in [1.807, 2.05) is 0 Å². The fourth-order valence-electron chi connectivity index (χ4n) is 1.72. The molecule has 2 rings (SSSR count). The lowest BCUT2D eigenvalue weighted by Crippen LogP contribution is -2.08. The lowest BCUT2D eigenvalue weighted by molar-refractivity contribution is -0.139. The number of benzene rings is 1. The van der Waals surface area contributed by atoms with E-state index >= 15 is 0 Å². The number of aliphatic imine (C=N–C) groups is 1. The largest absolute Gasteiger partial charge is 0.507 e. The van der Waals surface area contributed by atoms with Crippen molar-refractivity contribution in [3.63, 3.8) is 0 Å². The van der Waals surface area contributed by atoms with Crippen LogP contribution in [0.3, 0.4) is 0 Å². The highest BCUT2D eigenvalue weighted by Crippen LogP contribution is 2.30. The molecule has 4 nitrogen and oxygen atoms in total. The predicted molar refractivity (Wildman–Crippen MR) is 74.4 cm³/mol. The summed E-state index contributed by atoms with van der Waals surface area (Å²) in [5.41, 5.74) is 0.832. The second-order valence-corrected chi connectivity index (χ2v) is 4.94. The van der Waals surface area contributed by atoms with Gasteiger partial charge in [0.25, 0.3) is 0 Å². The molecule has 1 aliphatic heterocycles. The lowest BCUT2D eigenvalue weighted by atomic mass is 10.1. The van der Waals surface area contributed by atoms with Crippen molar-refractivity contribution >= 4 is 40.6 Å². The smallest absolute Gasteiger partial charge is 0.344 e. The Bertz CT molecular complexity index is 608. The molecule has 0 saturated heterocycles. The Hall–Kier alpha value is -1.52. The minimum absolute atomic E-state index is 0.0727. The number of carbonyl (C=O) groups excluding carboxylic acids is 1. The van der Waals surface area contributed by atoms with E-state index in [0.717, 1.165) is 0 Å². The van der Waals surface area contributed by atoms with Crippen LogP contribution in [-0.4, -0.2) is 22.9 Å². The van der Waals surface area contributed by atoms with E-state index < -0.39 is 12.1 Å². The maximum absolute atomic E-state index is 11.6. The highest BCUT2D eigenvalue weighted by molar-refractivity contribution is 6.35. The normalized spacial score (nSPS) is 19.9. The van der Waals surface area contributed by atoms with Crippen LogP contribution in [0.1, 0.15) is 13.8 Å². The Morgan fingerprint density at radius 2 is 2.11 bits per heavy atom. The molecule has 0 fully saturated rings. The zero-order chi connectivity index (χ0) is 14.2. The molecule has 1 aromatic carbocycles. The first-order chi connectivity index (χ1) is 8.90. The number of esters is 1. The SMILES string of the molecule is CC(=Nc1cc(Cl)ccc1Cl)C1=C(O)[C@@H](C)OC1=O. The second kappa shape index (κ2) is 5.23. The monoisotopic (exact) mass is 299 g/mol. The van der Waals surface area contributed by atoms with Crippen molar-refractivity contribution in [1.29, 1.82) is 0 Å². The molecule has 0 aromatic heterocycles. The summed E-state index contributed by atoms with van der Waals surface area (Å²) in [4.78, 5) is 15.8. The standard InChI is InChI=1S/C13H11Cl2NO3/c1-6(11-12(17)7(2)19-13(11)18)16-10-5-8(14)3-4-9(10)15/h3-5,7,17H,1-2H3/t7-/m1/s1. The van der Waals surface area contributed by atoms with Crippen molar-refractivity contribution in [3.8, 4) is 0 Å². The number of nitrogens with zero attached hydrogens (tertiary/aromatic N) is 1. The molecule has 1 aliphatic rings. The van der Waals surface area contributed by atoms with E-state index in [0.29, 0.717) is 21.4 Å². The quantitative estimate of drug-likeness (QED) is 0.666. The van der Waals surface area contributed by atoms with Crippen LogP contribution in [0.4, 0.5) is 5.69 Å². The molecule has 1 aromatic rings. The number of aliphatic hydroxyl groups is 1. The highest BCUT2D eigenvalue weighted by atomic mass is 35.5. The van der Waals surface area contributed by atoms with E-state index in [2.05, 4.69) is 4.99 Å². The number of halogens is 2. The van der Waals surface area contributed by atoms with Crippen molar-refractivity contribution in [1.82, 2.24) is 0 Å². The minimum atomic E-state index is -0.650. The molecule has 6 heteroatoms. The molecule has 1 atom stereocenters. The molecule has 19 heavy (non-hydrogen) atoms. The summed E-state index contributed by atoms with van der Waals surface area (Å²) in [5, 5.41) is 10.7. The molecule has 0 bridgehead atoms. The molecule has 100 valence electrons. The van der Waals surface area contributed by atoms with Crippen LogP contribution in [-0.2, 0) is 9.53 Å². The van der Waals surface area contributed by atoms with Gasteiger partial charge in [-0.3, -0.25) is 4.99 Å². The predicted octanol–water partition coefficient (Wildman–Crippen LogP) is 3.84. The van der Waals surface area contributed by atoms with Gasteiger partial charge in [0.2, 0.25) is 0 Å². The van der Waals surface area contributed by atoms with Crippen LogP contribution >= 0.6 is 23.2 Å². The van der Waals surface area contributed by atoms with Gasteiger partial charge in [0.05, 0.1) is 16.4 Å². The highest BCUT2D eigenvalue weighted by Gasteiger charge is 2.32. The van der Waals surface area contributed by atoms with Gasteiger partial charge >= 0.3 is 5.97 Å². The van der Waals surface area contributed by atoms with Crippen LogP contribution in [0.15, 0.2) is 34.5 Å². The molecule has 0 spiro atoms. The third kappa shape index (κ3) is 2.74. The summed E-state index contributed by atoms with van der Waals surface area (Å²) >= 11 is 11.8. The topological polar surface area (TPSA) is 58.9 Å². The molecule has 0 unspecified atom stereocenters. The summed E-state index contributed by atoms with van der Waals surface area (Å²) in [5.74, 6) is -0.714. The molecule has 1 heterocycles. The third-order valence-electron chi connectivity index (χ3n) is 2.69. The van der Waals surface area contributed by atoms with Gasteiger partial charge in [-0.1, -0.05) is 23.2 Å². The summed E-state index contributed by atoms with van der Waals surface area (Å²) in [7, 11) is 0. The lowest BCUT2D eigenvalue weighted by Gasteiger charge is -2.02. The van der Waals surface area contributed by atoms with Crippen molar-refractivity contribution in [2.24, 2.45) is 4.99 Å². The number of aliphatic hydroxyl groups excluding tert-OH is 1. The van der Waals surface area contributed by atoms with Crippen molar-refractivity contribution in [2.75, 3.05) is 0 Å². The molecule has 0 aliphatic carbocycles. The average molecular weight is 300 g/mol. The van der Waals surface area contributed by atoms with Crippen molar-refractivity contribution in [3.05, 3.63) is 39.6 Å². The Morgan fingerprint density at radius 1 is 1.42 bits per heavy atom. The maximum atomic E-state index is 11.6. The van der Waals surface area contributed by atoms with Gasteiger partial charge < -0.3 is 9.84 Å². The zero-order valence-electron chi connectivity index (χ0n) is 10.3. The molecular formula is C13H11Cl2NO3. The first kappa shape index (κ1) is 13.9. The van der Waals surface area contributed by atoms with E-state index in [4.69, 9.17) is 27.9 Å². The van der Waals surface area contributed by atoms with Gasteiger partial charge in [-0.15, -0.1) is 0 Å². The van der Waals surface area contributed by atoms with Gasteiger partial charge in [0.15, 0.2) is 6.10 Å². The Balaban J connectivity index is 2.44. The first-order valence-corrected chi connectivity index (χ1v) is 6.30. The minimum Gasteiger partial charge on any atom is -0.507 e. The second-order valence-electron chi connectivity index (χ2n) is 4.10. The van der Waals surface area contributed by atoms with Crippen LogP contribution in [0.2, 0.25) is 10.0 Å². The maximum Gasteiger partial charge on any atom is 0.344 e. The fourth-order valence-corrected chi connectivity index (χ4v) is 2.05. The molecule has 0 saturated carbocycles. The molecule has 0 radical (unpaired) electrons. The van der Waals surface area contributed by atoms with Crippen LogP contribution < -0.4 is 0 Å². The number of rotatable bonds is 2. The third-order valence-corrected chi connectivity index (χ3v) is 3.24. The number of carbonyl (C=O) groups is 1. The Kier molecular flexibility index (Phi) is 3.83. The average Bonchev–Trinajstić information content (AvgIpc) is 2.58. The van der Waals surface area contributed by atoms with Crippen LogP contribution in [0.5, 0.6) is 0 Å². The molecule has 0 amide bonds. The van der Waals surface area contributed by atoms with E-state index in [1.54, 1.807) is 32.0 Å². The Labute approximate surface area is 120 Å². The molecule has 1 N–H and O–H groups in total. The molecular weight excluding hydrogens is 289 g/mol. The summed E-state index contributed by atoms with van der Waals surface area (Å²) in [6.07, 6.45) is -0.650. The summed E-state index contributed by atoms with van der Waals surface area (Å²) < 4.78 is 4.90. The van der Waals surface area contributed by atoms with Crippen LogP contribution in [0.25, 0.3) is 0 Å². The van der Waals surface area contributed by atoms with E-state index in [9.17, 15) is 9.90 Å². The summed E-state index contributed by atoms with van der Waals surface area (Å²) in [6, 6.07) is 4.83. The van der Waals surface area contributed by atoms with Crippen LogP contribution in [0, 0.1) is 0 Å². The van der Waals surface area contributed by atoms with Gasteiger partial charge in [-0.05, 0) is 32.0 Å².